The molecule has 1 aromatic carbocycles. The molecule has 17 heavy (non-hydrogen) atoms. The van der Waals surface area contributed by atoms with Gasteiger partial charge in [0.05, 0.1) is 32.0 Å². The summed E-state index contributed by atoms with van der Waals surface area (Å²) < 4.78 is 10.3. The van der Waals surface area contributed by atoms with Crippen LogP contribution in [0.15, 0.2) is 30.3 Å². The molecule has 1 saturated heterocycles. The van der Waals surface area contributed by atoms with Crippen molar-refractivity contribution in [2.24, 2.45) is 0 Å². The molecule has 1 aliphatic rings. The van der Waals surface area contributed by atoms with Gasteiger partial charge in [0.1, 0.15) is 6.10 Å². The lowest BCUT2D eigenvalue weighted by Gasteiger charge is -2.16. The molecule has 4 heteroatoms. The predicted octanol–water partition coefficient (Wildman–Crippen LogP) is 0.714. The molecular formula is C13H18O4. The molecule has 2 rings (SSSR count). The second-order valence-electron chi connectivity index (χ2n) is 4.33. The molecule has 4 nitrogen and oxygen atoms in total. The van der Waals surface area contributed by atoms with Crippen LogP contribution in [0.3, 0.4) is 0 Å². The molecule has 0 amide bonds. The van der Waals surface area contributed by atoms with E-state index in [1.807, 2.05) is 30.3 Å². The van der Waals surface area contributed by atoms with Gasteiger partial charge in [0, 0.05) is 6.42 Å². The summed E-state index contributed by atoms with van der Waals surface area (Å²) in [5.41, 5.74) is 1.06. The number of rotatable bonds is 7. The van der Waals surface area contributed by atoms with E-state index in [9.17, 15) is 10.2 Å². The van der Waals surface area contributed by atoms with Crippen molar-refractivity contribution in [3.05, 3.63) is 35.9 Å². The van der Waals surface area contributed by atoms with Gasteiger partial charge in [-0.15, -0.1) is 0 Å². The maximum absolute atomic E-state index is 9.64. The van der Waals surface area contributed by atoms with Crippen LogP contribution in [0.5, 0.6) is 0 Å². The fraction of sp³-hybridized carbons (Fsp3) is 0.538. The highest BCUT2D eigenvalue weighted by Crippen LogP contribution is 2.17. The van der Waals surface area contributed by atoms with Gasteiger partial charge in [-0.2, -0.15) is 0 Å². The van der Waals surface area contributed by atoms with E-state index in [-0.39, 0.29) is 12.7 Å². The quantitative estimate of drug-likeness (QED) is 0.687. The second kappa shape index (κ2) is 6.12. The van der Waals surface area contributed by atoms with Gasteiger partial charge in [0.25, 0.3) is 0 Å². The Bertz CT molecular complexity index is 323. The summed E-state index contributed by atoms with van der Waals surface area (Å²) in [6.07, 6.45) is -1.01. The molecule has 94 valence electrons. The Kier molecular flexibility index (Phi) is 4.50. The largest absolute Gasteiger partial charge is 0.390 e. The average Bonchev–Trinajstić information content (AvgIpc) is 3.14. The number of ether oxygens (including phenoxy) is 2. The van der Waals surface area contributed by atoms with Crippen molar-refractivity contribution in [2.75, 3.05) is 13.2 Å². The lowest BCUT2D eigenvalue weighted by Crippen LogP contribution is -2.31. The van der Waals surface area contributed by atoms with Crippen molar-refractivity contribution in [1.29, 1.82) is 0 Å². The number of hydrogen-bond donors (Lipinski definition) is 2. The van der Waals surface area contributed by atoms with Crippen LogP contribution in [-0.2, 0) is 16.1 Å². The van der Waals surface area contributed by atoms with Crippen LogP contribution in [0, 0.1) is 0 Å². The predicted molar refractivity (Wildman–Crippen MR) is 62.5 cm³/mol. The van der Waals surface area contributed by atoms with Gasteiger partial charge in [-0.05, 0) is 5.56 Å². The fourth-order valence-corrected chi connectivity index (χ4v) is 1.61. The minimum atomic E-state index is -0.845. The van der Waals surface area contributed by atoms with Crippen molar-refractivity contribution in [3.63, 3.8) is 0 Å². The monoisotopic (exact) mass is 238 g/mol. The van der Waals surface area contributed by atoms with E-state index in [1.54, 1.807) is 0 Å². The van der Waals surface area contributed by atoms with Gasteiger partial charge >= 0.3 is 0 Å². The van der Waals surface area contributed by atoms with Gasteiger partial charge in [-0.1, -0.05) is 30.3 Å². The molecule has 1 heterocycles. The summed E-state index contributed by atoms with van der Waals surface area (Å²) in [4.78, 5) is 0. The lowest BCUT2D eigenvalue weighted by molar-refractivity contribution is -0.0467. The van der Waals surface area contributed by atoms with E-state index in [2.05, 4.69) is 0 Å². The molecule has 1 fully saturated rings. The first kappa shape index (κ1) is 12.5. The summed E-state index contributed by atoms with van der Waals surface area (Å²) in [5.74, 6) is 0. The molecule has 0 bridgehead atoms. The van der Waals surface area contributed by atoms with Crippen LogP contribution < -0.4 is 0 Å². The molecule has 0 saturated carbocycles. The van der Waals surface area contributed by atoms with Crippen LogP contribution in [0.4, 0.5) is 0 Å². The van der Waals surface area contributed by atoms with Crippen LogP contribution in [0.25, 0.3) is 0 Å². The fourth-order valence-electron chi connectivity index (χ4n) is 1.61. The lowest BCUT2D eigenvalue weighted by atomic mass is 10.1. The third-order valence-electron chi connectivity index (χ3n) is 2.75. The highest BCUT2D eigenvalue weighted by Gasteiger charge is 2.29. The second-order valence-corrected chi connectivity index (χ2v) is 4.33. The van der Waals surface area contributed by atoms with Gasteiger partial charge in [-0.25, -0.2) is 0 Å². The Labute approximate surface area is 101 Å². The van der Waals surface area contributed by atoms with E-state index in [0.717, 1.165) is 5.56 Å². The zero-order valence-corrected chi connectivity index (χ0v) is 9.66. The molecule has 1 aromatic rings. The van der Waals surface area contributed by atoms with Crippen molar-refractivity contribution in [3.8, 4) is 0 Å². The number of hydrogen-bond acceptors (Lipinski definition) is 4. The van der Waals surface area contributed by atoms with Gasteiger partial charge in [0.2, 0.25) is 0 Å². The van der Waals surface area contributed by atoms with E-state index in [0.29, 0.717) is 19.6 Å². The van der Waals surface area contributed by atoms with Crippen LogP contribution in [0.1, 0.15) is 12.0 Å². The highest BCUT2D eigenvalue weighted by atomic mass is 16.6. The Morgan fingerprint density at radius 1 is 1.24 bits per heavy atom. The minimum Gasteiger partial charge on any atom is -0.390 e. The van der Waals surface area contributed by atoms with Crippen molar-refractivity contribution in [1.82, 2.24) is 0 Å². The Hall–Kier alpha value is -0.940. The third kappa shape index (κ3) is 4.44. The zero-order valence-electron chi connectivity index (χ0n) is 9.66. The maximum atomic E-state index is 9.64. The van der Waals surface area contributed by atoms with E-state index in [1.165, 1.54) is 0 Å². The van der Waals surface area contributed by atoms with Gasteiger partial charge in [0.15, 0.2) is 0 Å². The summed E-state index contributed by atoms with van der Waals surface area (Å²) in [6, 6.07) is 9.74. The van der Waals surface area contributed by atoms with Crippen LogP contribution in [0.2, 0.25) is 0 Å². The summed E-state index contributed by atoms with van der Waals surface area (Å²) >= 11 is 0. The standard InChI is InChI=1S/C13H18O4/c14-12(6-11-8-17-11)13(15)9-16-7-10-4-2-1-3-5-10/h1-5,11-15H,6-9H2/t11-,12-,13-/m0/s1. The van der Waals surface area contributed by atoms with Crippen molar-refractivity contribution >= 4 is 0 Å². The first-order chi connectivity index (χ1) is 8.25. The first-order valence-electron chi connectivity index (χ1n) is 5.85. The minimum absolute atomic E-state index is 0.119. The van der Waals surface area contributed by atoms with Gasteiger partial charge in [-0.3, -0.25) is 0 Å². The molecule has 3 atom stereocenters. The Morgan fingerprint density at radius 3 is 2.59 bits per heavy atom. The smallest absolute Gasteiger partial charge is 0.103 e. The van der Waals surface area contributed by atoms with Crippen LogP contribution in [-0.4, -0.2) is 41.7 Å². The number of benzene rings is 1. The average molecular weight is 238 g/mol. The van der Waals surface area contributed by atoms with Crippen molar-refractivity contribution in [2.45, 2.75) is 31.3 Å². The maximum Gasteiger partial charge on any atom is 0.103 e. The molecular weight excluding hydrogens is 220 g/mol. The third-order valence-corrected chi connectivity index (χ3v) is 2.75. The van der Waals surface area contributed by atoms with Gasteiger partial charge < -0.3 is 19.7 Å². The first-order valence-corrected chi connectivity index (χ1v) is 5.85. The zero-order chi connectivity index (χ0) is 12.1. The normalized spacial score (nSPS) is 22.1. The SMILES string of the molecule is O[C@@H](COCc1ccccc1)[C@@H](O)C[C@H]1CO1. The Morgan fingerprint density at radius 2 is 1.94 bits per heavy atom. The molecule has 0 aromatic heterocycles. The van der Waals surface area contributed by atoms with Crippen LogP contribution >= 0.6 is 0 Å². The number of aliphatic hydroxyl groups excluding tert-OH is 2. The molecule has 0 spiro atoms. The van der Waals surface area contributed by atoms with E-state index >= 15 is 0 Å². The summed E-state index contributed by atoms with van der Waals surface area (Å²) in [6.45, 7) is 1.28. The van der Waals surface area contributed by atoms with E-state index < -0.39 is 12.2 Å². The molecule has 2 N–H and O–H groups in total. The summed E-state index contributed by atoms with van der Waals surface area (Å²) in [5, 5.41) is 19.3. The molecule has 0 aliphatic carbocycles. The summed E-state index contributed by atoms with van der Waals surface area (Å²) in [7, 11) is 0. The molecule has 0 unspecified atom stereocenters. The number of aliphatic hydroxyl groups is 2. The Balaban J connectivity index is 1.63. The highest BCUT2D eigenvalue weighted by molar-refractivity contribution is 5.13. The topological polar surface area (TPSA) is 62.2 Å². The van der Waals surface area contributed by atoms with Crippen molar-refractivity contribution < 1.29 is 19.7 Å². The molecule has 0 radical (unpaired) electrons. The van der Waals surface area contributed by atoms with E-state index in [4.69, 9.17) is 9.47 Å². The number of epoxide rings is 1. The molecule has 1 aliphatic heterocycles.